The van der Waals surface area contributed by atoms with Gasteiger partial charge in [-0.25, -0.2) is 9.59 Å². The number of hydrogen-bond donors (Lipinski definition) is 4. The van der Waals surface area contributed by atoms with Crippen molar-refractivity contribution in [3.63, 3.8) is 0 Å². The van der Waals surface area contributed by atoms with Gasteiger partial charge in [-0.05, 0) is 72.9 Å². The number of carboxylic acid groups (broad SMARTS) is 2. The maximum Gasteiger partial charge on any atom is 0.336 e. The van der Waals surface area contributed by atoms with Crippen molar-refractivity contribution in [2.75, 3.05) is 0 Å². The molecule has 29 heavy (non-hydrogen) atoms. The molecule has 0 saturated carbocycles. The van der Waals surface area contributed by atoms with E-state index in [-0.39, 0.29) is 22.6 Å². The summed E-state index contributed by atoms with van der Waals surface area (Å²) in [5.74, 6) is -2.24. The second-order valence-corrected chi connectivity index (χ2v) is 6.90. The largest absolute Gasteiger partial charge is 0.508 e. The van der Waals surface area contributed by atoms with Gasteiger partial charge < -0.3 is 20.4 Å². The fraction of sp³-hybridized carbons (Fsp3) is 0.130. The lowest BCUT2D eigenvalue weighted by Crippen LogP contribution is -2.03. The summed E-state index contributed by atoms with van der Waals surface area (Å²) in [4.78, 5) is 23.3. The zero-order valence-corrected chi connectivity index (χ0v) is 16.1. The highest BCUT2D eigenvalue weighted by molar-refractivity contribution is 6.00. The maximum absolute atomic E-state index is 11.7. The smallest absolute Gasteiger partial charge is 0.336 e. The summed E-state index contributed by atoms with van der Waals surface area (Å²) in [6.45, 7) is 5.07. The second kappa shape index (κ2) is 7.31. The van der Waals surface area contributed by atoms with Crippen LogP contribution in [0.4, 0.5) is 0 Å². The molecule has 0 bridgehead atoms. The highest BCUT2D eigenvalue weighted by atomic mass is 16.4. The number of phenols is 2. The zero-order chi connectivity index (χ0) is 21.5. The van der Waals surface area contributed by atoms with Crippen LogP contribution in [-0.2, 0) is 0 Å². The highest BCUT2D eigenvalue weighted by Gasteiger charge is 2.20. The van der Waals surface area contributed by atoms with E-state index in [0.29, 0.717) is 38.9 Å². The average molecular weight is 392 g/mol. The van der Waals surface area contributed by atoms with Crippen LogP contribution in [0.1, 0.15) is 37.4 Å². The van der Waals surface area contributed by atoms with Crippen LogP contribution in [0.2, 0.25) is 0 Å². The first kappa shape index (κ1) is 19.9. The first-order valence-electron chi connectivity index (χ1n) is 8.86. The fourth-order valence-corrected chi connectivity index (χ4v) is 3.58. The second-order valence-electron chi connectivity index (χ2n) is 6.90. The Balaban J connectivity index is 2.26. The quantitative estimate of drug-likeness (QED) is 0.509. The molecule has 0 spiro atoms. The molecule has 0 unspecified atom stereocenters. The van der Waals surface area contributed by atoms with Crippen LogP contribution in [0.3, 0.4) is 0 Å². The van der Waals surface area contributed by atoms with E-state index in [2.05, 4.69) is 0 Å². The van der Waals surface area contributed by atoms with Gasteiger partial charge in [-0.2, -0.15) is 0 Å². The van der Waals surface area contributed by atoms with Crippen LogP contribution in [0.25, 0.3) is 22.3 Å². The minimum Gasteiger partial charge on any atom is -0.508 e. The van der Waals surface area contributed by atoms with Gasteiger partial charge in [0.1, 0.15) is 11.5 Å². The minimum absolute atomic E-state index is 0.00883. The van der Waals surface area contributed by atoms with Crippen LogP contribution in [0.5, 0.6) is 11.5 Å². The number of aromatic hydroxyl groups is 2. The zero-order valence-electron chi connectivity index (χ0n) is 16.1. The molecule has 148 valence electrons. The van der Waals surface area contributed by atoms with Crippen molar-refractivity contribution in [3.8, 4) is 33.8 Å². The Bertz CT molecular complexity index is 1160. The molecule has 3 aromatic rings. The normalized spacial score (nSPS) is 10.7. The molecule has 0 saturated heterocycles. The van der Waals surface area contributed by atoms with Crippen molar-refractivity contribution in [1.29, 1.82) is 0 Å². The van der Waals surface area contributed by atoms with E-state index in [0.717, 1.165) is 0 Å². The Morgan fingerprint density at radius 1 is 0.690 bits per heavy atom. The molecule has 4 N–H and O–H groups in total. The van der Waals surface area contributed by atoms with Crippen molar-refractivity contribution >= 4 is 11.9 Å². The molecule has 0 heterocycles. The van der Waals surface area contributed by atoms with E-state index in [1.807, 2.05) is 0 Å². The van der Waals surface area contributed by atoms with Crippen LogP contribution in [0.15, 0.2) is 42.5 Å². The third-order valence-electron chi connectivity index (χ3n) is 5.12. The molecule has 0 fully saturated rings. The Labute approximate surface area is 167 Å². The van der Waals surface area contributed by atoms with Gasteiger partial charge in [0.25, 0.3) is 0 Å². The number of hydrogen-bond acceptors (Lipinski definition) is 4. The van der Waals surface area contributed by atoms with Crippen molar-refractivity contribution < 1.29 is 30.0 Å². The van der Waals surface area contributed by atoms with E-state index >= 15 is 0 Å². The molecule has 3 aromatic carbocycles. The molecule has 0 radical (unpaired) electrons. The van der Waals surface area contributed by atoms with Crippen molar-refractivity contribution in [2.45, 2.75) is 20.8 Å². The van der Waals surface area contributed by atoms with E-state index < -0.39 is 11.9 Å². The minimum atomic E-state index is -1.11. The molecular weight excluding hydrogens is 372 g/mol. The molecule has 0 aliphatic heterocycles. The Kier molecular flexibility index (Phi) is 5.03. The van der Waals surface area contributed by atoms with Crippen LogP contribution >= 0.6 is 0 Å². The SMILES string of the molecule is Cc1cc(-c2c(C(=O)O)ccc(O)c2C)ccc1-c1c(C(=O)O)ccc(O)c1C. The molecule has 6 nitrogen and oxygen atoms in total. The number of aromatic carboxylic acids is 2. The monoisotopic (exact) mass is 392 g/mol. The molecule has 0 aliphatic rings. The van der Waals surface area contributed by atoms with E-state index in [1.54, 1.807) is 39.0 Å². The van der Waals surface area contributed by atoms with E-state index in [1.165, 1.54) is 24.3 Å². The van der Waals surface area contributed by atoms with Crippen molar-refractivity contribution in [2.24, 2.45) is 0 Å². The van der Waals surface area contributed by atoms with E-state index in [4.69, 9.17) is 0 Å². The van der Waals surface area contributed by atoms with Gasteiger partial charge in [-0.3, -0.25) is 0 Å². The van der Waals surface area contributed by atoms with Crippen LogP contribution < -0.4 is 0 Å². The third-order valence-corrected chi connectivity index (χ3v) is 5.12. The first-order valence-corrected chi connectivity index (χ1v) is 8.86. The van der Waals surface area contributed by atoms with Crippen LogP contribution in [0, 0.1) is 20.8 Å². The van der Waals surface area contributed by atoms with Gasteiger partial charge in [0.05, 0.1) is 11.1 Å². The summed E-state index contributed by atoms with van der Waals surface area (Å²) in [5.41, 5.74) is 3.74. The molecule has 3 rings (SSSR count). The number of aryl methyl sites for hydroxylation is 1. The van der Waals surface area contributed by atoms with Gasteiger partial charge in [-0.1, -0.05) is 18.2 Å². The average Bonchev–Trinajstić information content (AvgIpc) is 2.65. The Hall–Kier alpha value is -3.80. The standard InChI is InChI=1S/C23H20O6/c1-11-10-14(20-12(2)18(24)8-6-16(20)22(26)27)4-5-15(11)21-13(3)19(25)9-7-17(21)23(28)29/h4-10,24-25H,1-3H3,(H,26,27)(H,28,29). The Morgan fingerprint density at radius 2 is 1.17 bits per heavy atom. The topological polar surface area (TPSA) is 115 Å². The van der Waals surface area contributed by atoms with Gasteiger partial charge in [0.2, 0.25) is 0 Å². The summed E-state index contributed by atoms with van der Waals surface area (Å²) in [5, 5.41) is 39.2. The predicted molar refractivity (Wildman–Crippen MR) is 109 cm³/mol. The van der Waals surface area contributed by atoms with E-state index in [9.17, 15) is 30.0 Å². The number of carbonyl (C=O) groups is 2. The van der Waals surface area contributed by atoms with Gasteiger partial charge in [0.15, 0.2) is 0 Å². The predicted octanol–water partition coefficient (Wildman–Crippen LogP) is 4.75. The number of carboxylic acids is 2. The lowest BCUT2D eigenvalue weighted by Gasteiger charge is -2.17. The summed E-state index contributed by atoms with van der Waals surface area (Å²) in [6, 6.07) is 10.5. The number of rotatable bonds is 4. The maximum atomic E-state index is 11.7. The van der Waals surface area contributed by atoms with Crippen molar-refractivity contribution in [1.82, 2.24) is 0 Å². The molecule has 0 aromatic heterocycles. The molecule has 0 amide bonds. The lowest BCUT2D eigenvalue weighted by atomic mass is 9.88. The first-order chi connectivity index (χ1) is 13.6. The molecular formula is C23H20O6. The number of benzene rings is 3. The summed E-state index contributed by atoms with van der Waals surface area (Å²) in [6.07, 6.45) is 0. The molecule has 6 heteroatoms. The summed E-state index contributed by atoms with van der Waals surface area (Å²) < 4.78 is 0. The van der Waals surface area contributed by atoms with Gasteiger partial charge >= 0.3 is 11.9 Å². The van der Waals surface area contributed by atoms with Gasteiger partial charge in [0, 0.05) is 11.1 Å². The summed E-state index contributed by atoms with van der Waals surface area (Å²) >= 11 is 0. The fourth-order valence-electron chi connectivity index (χ4n) is 3.58. The van der Waals surface area contributed by atoms with Crippen LogP contribution in [-0.4, -0.2) is 32.4 Å². The molecule has 0 atom stereocenters. The summed E-state index contributed by atoms with van der Waals surface area (Å²) in [7, 11) is 0. The number of phenolic OH excluding ortho intramolecular Hbond substituents is 2. The Morgan fingerprint density at radius 3 is 1.66 bits per heavy atom. The third kappa shape index (κ3) is 3.40. The lowest BCUT2D eigenvalue weighted by molar-refractivity contribution is 0.0686. The highest BCUT2D eigenvalue weighted by Crippen LogP contribution is 2.38. The van der Waals surface area contributed by atoms with Crippen molar-refractivity contribution in [3.05, 3.63) is 70.3 Å². The van der Waals surface area contributed by atoms with Gasteiger partial charge in [-0.15, -0.1) is 0 Å². The molecule has 0 aliphatic carbocycles.